The number of rotatable bonds is 6. The van der Waals surface area contributed by atoms with Gasteiger partial charge < -0.3 is 20.1 Å². The molecule has 5 nitrogen and oxygen atoms in total. The van der Waals surface area contributed by atoms with Crippen molar-refractivity contribution in [3.05, 3.63) is 29.8 Å². The molecule has 2 rings (SSSR count). The maximum absolute atomic E-state index is 12.5. The Bertz CT molecular complexity index is 512. The summed E-state index contributed by atoms with van der Waals surface area (Å²) in [4.78, 5) is 14.4. The van der Waals surface area contributed by atoms with Crippen LogP contribution in [0, 0.1) is 5.92 Å². The molecule has 1 aromatic carbocycles. The van der Waals surface area contributed by atoms with Crippen LogP contribution in [-0.4, -0.2) is 43.2 Å². The van der Waals surface area contributed by atoms with Crippen molar-refractivity contribution in [1.29, 1.82) is 0 Å². The van der Waals surface area contributed by atoms with E-state index in [-0.39, 0.29) is 24.4 Å². The Kier molecular flexibility index (Phi) is 7.82. The van der Waals surface area contributed by atoms with Gasteiger partial charge in [0.05, 0.1) is 13.7 Å². The number of nitrogens with two attached hydrogens (primary N) is 1. The zero-order valence-corrected chi connectivity index (χ0v) is 14.8. The molecule has 1 aromatic rings. The summed E-state index contributed by atoms with van der Waals surface area (Å²) < 4.78 is 10.9. The van der Waals surface area contributed by atoms with Crippen LogP contribution in [0.2, 0.25) is 0 Å². The summed E-state index contributed by atoms with van der Waals surface area (Å²) in [5.74, 6) is 1.25. The van der Waals surface area contributed by atoms with E-state index in [2.05, 4.69) is 6.92 Å². The van der Waals surface area contributed by atoms with Gasteiger partial charge in [0.25, 0.3) is 5.91 Å². The SMILES string of the molecule is COc1cccc(COC(C)C(=O)N2CC(CN)CC2C)c1.Cl. The third kappa shape index (κ3) is 5.09. The van der Waals surface area contributed by atoms with Gasteiger partial charge in [0.1, 0.15) is 11.9 Å². The van der Waals surface area contributed by atoms with Crippen LogP contribution < -0.4 is 10.5 Å². The van der Waals surface area contributed by atoms with Crippen molar-refractivity contribution in [2.75, 3.05) is 20.2 Å². The Labute approximate surface area is 144 Å². The summed E-state index contributed by atoms with van der Waals surface area (Å²) in [6.45, 7) is 5.65. The lowest BCUT2D eigenvalue weighted by molar-refractivity contribution is -0.144. The summed E-state index contributed by atoms with van der Waals surface area (Å²) in [5.41, 5.74) is 6.71. The van der Waals surface area contributed by atoms with E-state index in [0.29, 0.717) is 19.1 Å². The minimum atomic E-state index is -0.454. The van der Waals surface area contributed by atoms with Gasteiger partial charge in [-0.3, -0.25) is 4.79 Å². The molecular weight excluding hydrogens is 316 g/mol. The highest BCUT2D eigenvalue weighted by Crippen LogP contribution is 2.23. The Balaban J connectivity index is 0.00000264. The molecule has 3 unspecified atom stereocenters. The fourth-order valence-electron chi connectivity index (χ4n) is 2.91. The van der Waals surface area contributed by atoms with E-state index in [0.717, 1.165) is 24.3 Å². The first-order valence-electron chi connectivity index (χ1n) is 7.80. The molecule has 3 atom stereocenters. The first kappa shape index (κ1) is 19.7. The molecule has 1 amide bonds. The van der Waals surface area contributed by atoms with Gasteiger partial charge in [0, 0.05) is 12.6 Å². The number of hydrogen-bond donors (Lipinski definition) is 1. The number of amides is 1. The molecule has 0 aliphatic carbocycles. The Morgan fingerprint density at radius 3 is 2.83 bits per heavy atom. The van der Waals surface area contributed by atoms with Gasteiger partial charge in [-0.05, 0) is 50.4 Å². The molecule has 1 aliphatic rings. The molecule has 1 heterocycles. The number of carbonyl (C=O) groups is 1. The molecule has 0 spiro atoms. The monoisotopic (exact) mass is 342 g/mol. The molecule has 23 heavy (non-hydrogen) atoms. The quantitative estimate of drug-likeness (QED) is 0.861. The van der Waals surface area contributed by atoms with Crippen molar-refractivity contribution < 1.29 is 14.3 Å². The van der Waals surface area contributed by atoms with E-state index in [9.17, 15) is 4.79 Å². The average Bonchev–Trinajstić information content (AvgIpc) is 2.93. The third-order valence-corrected chi connectivity index (χ3v) is 4.26. The van der Waals surface area contributed by atoms with Crippen molar-refractivity contribution in [2.24, 2.45) is 11.7 Å². The molecule has 130 valence electrons. The Hall–Kier alpha value is -1.30. The van der Waals surface area contributed by atoms with Gasteiger partial charge in [0.15, 0.2) is 0 Å². The maximum atomic E-state index is 12.5. The Morgan fingerprint density at radius 2 is 2.22 bits per heavy atom. The lowest BCUT2D eigenvalue weighted by Gasteiger charge is -2.25. The first-order chi connectivity index (χ1) is 10.5. The molecule has 0 saturated carbocycles. The second kappa shape index (κ2) is 9.11. The fraction of sp³-hybridized carbons (Fsp3) is 0.588. The van der Waals surface area contributed by atoms with Crippen LogP contribution in [0.4, 0.5) is 0 Å². The molecule has 6 heteroatoms. The smallest absolute Gasteiger partial charge is 0.251 e. The second-order valence-electron chi connectivity index (χ2n) is 5.98. The molecule has 1 fully saturated rings. The molecule has 0 radical (unpaired) electrons. The van der Waals surface area contributed by atoms with Crippen molar-refractivity contribution in [3.63, 3.8) is 0 Å². The fourth-order valence-corrected chi connectivity index (χ4v) is 2.91. The van der Waals surface area contributed by atoms with Gasteiger partial charge in [-0.2, -0.15) is 0 Å². The zero-order chi connectivity index (χ0) is 16.1. The van der Waals surface area contributed by atoms with Crippen molar-refractivity contribution in [2.45, 2.75) is 39.0 Å². The summed E-state index contributed by atoms with van der Waals surface area (Å²) in [6, 6.07) is 7.92. The van der Waals surface area contributed by atoms with E-state index in [1.165, 1.54) is 0 Å². The van der Waals surface area contributed by atoms with Crippen LogP contribution in [-0.2, 0) is 16.1 Å². The van der Waals surface area contributed by atoms with Gasteiger partial charge >= 0.3 is 0 Å². The van der Waals surface area contributed by atoms with Crippen LogP contribution in [0.25, 0.3) is 0 Å². The maximum Gasteiger partial charge on any atom is 0.251 e. The minimum Gasteiger partial charge on any atom is -0.497 e. The zero-order valence-electron chi connectivity index (χ0n) is 14.0. The highest BCUT2D eigenvalue weighted by Gasteiger charge is 2.33. The lowest BCUT2D eigenvalue weighted by atomic mass is 10.1. The second-order valence-corrected chi connectivity index (χ2v) is 5.98. The van der Waals surface area contributed by atoms with Crippen LogP contribution in [0.5, 0.6) is 5.75 Å². The average molecular weight is 343 g/mol. The van der Waals surface area contributed by atoms with E-state index in [1.807, 2.05) is 36.1 Å². The predicted octanol–water partition coefficient (Wildman–Crippen LogP) is 2.22. The predicted molar refractivity (Wildman–Crippen MR) is 92.8 cm³/mol. The Morgan fingerprint density at radius 1 is 1.48 bits per heavy atom. The summed E-state index contributed by atoms with van der Waals surface area (Å²) >= 11 is 0. The van der Waals surface area contributed by atoms with Crippen LogP contribution in [0.1, 0.15) is 25.8 Å². The highest BCUT2D eigenvalue weighted by atomic mass is 35.5. The summed E-state index contributed by atoms with van der Waals surface area (Å²) in [6.07, 6.45) is 0.523. The molecular formula is C17H27ClN2O3. The number of methoxy groups -OCH3 is 1. The van der Waals surface area contributed by atoms with Crippen molar-refractivity contribution >= 4 is 18.3 Å². The first-order valence-corrected chi connectivity index (χ1v) is 7.80. The van der Waals surface area contributed by atoms with Crippen molar-refractivity contribution in [3.8, 4) is 5.75 Å². The number of nitrogens with zero attached hydrogens (tertiary/aromatic N) is 1. The molecule has 0 bridgehead atoms. The summed E-state index contributed by atoms with van der Waals surface area (Å²) in [5, 5.41) is 0. The molecule has 2 N–H and O–H groups in total. The van der Waals surface area contributed by atoms with E-state index in [1.54, 1.807) is 7.11 Å². The van der Waals surface area contributed by atoms with Gasteiger partial charge in [0.2, 0.25) is 0 Å². The number of carbonyl (C=O) groups excluding carboxylic acids is 1. The number of halogens is 1. The van der Waals surface area contributed by atoms with E-state index < -0.39 is 6.10 Å². The van der Waals surface area contributed by atoms with E-state index >= 15 is 0 Å². The van der Waals surface area contributed by atoms with Crippen molar-refractivity contribution in [1.82, 2.24) is 4.90 Å². The normalized spacial score (nSPS) is 21.7. The van der Waals surface area contributed by atoms with Gasteiger partial charge in [-0.25, -0.2) is 0 Å². The van der Waals surface area contributed by atoms with Crippen LogP contribution in [0.3, 0.4) is 0 Å². The van der Waals surface area contributed by atoms with Crippen LogP contribution >= 0.6 is 12.4 Å². The highest BCUT2D eigenvalue weighted by molar-refractivity contribution is 5.85. The standard InChI is InChI=1S/C17H26N2O3.ClH/c1-12-7-15(9-18)10-19(12)17(20)13(2)22-11-14-5-4-6-16(8-14)21-3;/h4-6,8,12-13,15H,7,9-11,18H2,1-3H3;1H. The number of ether oxygens (including phenoxy) is 2. The number of benzene rings is 1. The topological polar surface area (TPSA) is 64.8 Å². The summed E-state index contributed by atoms with van der Waals surface area (Å²) in [7, 11) is 1.63. The van der Waals surface area contributed by atoms with Gasteiger partial charge in [-0.15, -0.1) is 12.4 Å². The third-order valence-electron chi connectivity index (χ3n) is 4.26. The van der Waals surface area contributed by atoms with Crippen LogP contribution in [0.15, 0.2) is 24.3 Å². The lowest BCUT2D eigenvalue weighted by Crippen LogP contribution is -2.41. The number of hydrogen-bond acceptors (Lipinski definition) is 4. The number of likely N-dealkylation sites (tertiary alicyclic amines) is 1. The minimum absolute atomic E-state index is 0. The molecule has 1 aliphatic heterocycles. The largest absolute Gasteiger partial charge is 0.497 e. The molecule has 0 aromatic heterocycles. The van der Waals surface area contributed by atoms with E-state index in [4.69, 9.17) is 15.2 Å². The van der Waals surface area contributed by atoms with Gasteiger partial charge in [-0.1, -0.05) is 12.1 Å². The molecule has 1 saturated heterocycles.